The predicted molar refractivity (Wildman–Crippen MR) is 94.9 cm³/mol. The van der Waals surface area contributed by atoms with E-state index in [9.17, 15) is 9.90 Å². The molecule has 2 atom stereocenters. The number of hydrogen-bond donors (Lipinski definition) is 2. The molecule has 0 spiro atoms. The lowest BCUT2D eigenvalue weighted by molar-refractivity contribution is -0.139. The van der Waals surface area contributed by atoms with Crippen molar-refractivity contribution in [3.63, 3.8) is 0 Å². The number of carbonyl (C=O) groups is 1. The van der Waals surface area contributed by atoms with Crippen molar-refractivity contribution in [2.24, 2.45) is 0 Å². The Morgan fingerprint density at radius 1 is 1.35 bits per heavy atom. The lowest BCUT2D eigenvalue weighted by Crippen LogP contribution is -2.40. The second-order valence-corrected chi connectivity index (χ2v) is 6.31. The maximum Gasteiger partial charge on any atom is 0.341 e. The maximum atomic E-state index is 10.9. The molecule has 0 unspecified atom stereocenters. The van der Waals surface area contributed by atoms with Crippen LogP contribution >= 0.6 is 0 Å². The monoisotopic (exact) mass is 358 g/mol. The number of ether oxygens (including phenoxy) is 2. The Hall–Kier alpha value is -2.48. The number of benzene rings is 1. The van der Waals surface area contributed by atoms with Crippen LogP contribution < -0.4 is 4.74 Å². The fraction of sp³-hybridized carbons (Fsp3) is 0.368. The summed E-state index contributed by atoms with van der Waals surface area (Å²) in [6.07, 6.45) is 1.18. The predicted octanol–water partition coefficient (Wildman–Crippen LogP) is 1.40. The quantitative estimate of drug-likeness (QED) is 0.773. The highest BCUT2D eigenvalue weighted by Crippen LogP contribution is 2.28. The lowest BCUT2D eigenvalue weighted by atomic mass is 10.0. The smallest absolute Gasteiger partial charge is 0.341 e. The molecule has 138 valence electrons. The van der Waals surface area contributed by atoms with Gasteiger partial charge in [-0.3, -0.25) is 9.88 Å². The van der Waals surface area contributed by atoms with Crippen LogP contribution in [-0.2, 0) is 16.1 Å². The first-order chi connectivity index (χ1) is 12.5. The van der Waals surface area contributed by atoms with E-state index in [1.807, 2.05) is 42.3 Å². The van der Waals surface area contributed by atoms with Gasteiger partial charge in [-0.2, -0.15) is 0 Å². The number of pyridine rings is 1. The molecule has 7 nitrogen and oxygen atoms in total. The largest absolute Gasteiger partial charge is 0.482 e. The van der Waals surface area contributed by atoms with Gasteiger partial charge in [-0.1, -0.05) is 6.07 Å². The van der Waals surface area contributed by atoms with Crippen LogP contribution in [0, 0.1) is 0 Å². The number of rotatable bonds is 7. The van der Waals surface area contributed by atoms with E-state index < -0.39 is 18.7 Å². The number of aliphatic hydroxyl groups is 1. The molecule has 2 heterocycles. The fourth-order valence-electron chi connectivity index (χ4n) is 3.01. The zero-order valence-electron chi connectivity index (χ0n) is 14.5. The molecule has 26 heavy (non-hydrogen) atoms. The van der Waals surface area contributed by atoms with Gasteiger partial charge < -0.3 is 19.7 Å². The van der Waals surface area contributed by atoms with E-state index in [2.05, 4.69) is 4.98 Å². The molecule has 2 aromatic rings. The molecule has 3 rings (SSSR count). The van der Waals surface area contributed by atoms with Gasteiger partial charge >= 0.3 is 5.97 Å². The van der Waals surface area contributed by atoms with Crippen LogP contribution in [0.1, 0.15) is 5.56 Å². The van der Waals surface area contributed by atoms with Crippen molar-refractivity contribution in [1.82, 2.24) is 9.88 Å². The summed E-state index contributed by atoms with van der Waals surface area (Å²) in [7, 11) is 1.90. The summed E-state index contributed by atoms with van der Waals surface area (Å²) in [6.45, 7) is 0.865. The summed E-state index contributed by atoms with van der Waals surface area (Å²) >= 11 is 0. The third-order valence-corrected chi connectivity index (χ3v) is 4.38. The zero-order chi connectivity index (χ0) is 18.5. The average Bonchev–Trinajstić information content (AvgIpc) is 3.07. The number of aliphatic hydroxyl groups excluding tert-OH is 1. The van der Waals surface area contributed by atoms with Gasteiger partial charge in [0.1, 0.15) is 5.75 Å². The molecule has 0 saturated carbocycles. The Kier molecular flexibility index (Phi) is 5.82. The van der Waals surface area contributed by atoms with Gasteiger partial charge in [0, 0.05) is 23.9 Å². The van der Waals surface area contributed by atoms with Crippen LogP contribution in [0.5, 0.6) is 5.75 Å². The van der Waals surface area contributed by atoms with Gasteiger partial charge in [0.15, 0.2) is 6.61 Å². The molecule has 1 aromatic carbocycles. The highest BCUT2D eigenvalue weighted by Gasteiger charge is 2.30. The molecule has 0 radical (unpaired) electrons. The molecule has 7 heteroatoms. The number of carboxylic acid groups (broad SMARTS) is 1. The first-order valence-corrected chi connectivity index (χ1v) is 8.39. The number of aliphatic carboxylic acids is 1. The molecule has 0 amide bonds. The highest BCUT2D eigenvalue weighted by molar-refractivity contribution is 5.69. The van der Waals surface area contributed by atoms with Crippen molar-refractivity contribution in [2.45, 2.75) is 18.7 Å². The van der Waals surface area contributed by atoms with Crippen molar-refractivity contribution in [3.8, 4) is 17.0 Å². The third kappa shape index (κ3) is 4.37. The van der Waals surface area contributed by atoms with Gasteiger partial charge in [0.05, 0.1) is 31.1 Å². The van der Waals surface area contributed by atoms with Crippen LogP contribution in [0.2, 0.25) is 0 Å². The van der Waals surface area contributed by atoms with Gasteiger partial charge in [0.25, 0.3) is 0 Å². The number of hydrogen-bond acceptors (Lipinski definition) is 6. The topological polar surface area (TPSA) is 92.1 Å². The Balaban J connectivity index is 1.86. The second-order valence-electron chi connectivity index (χ2n) is 6.31. The SMILES string of the molecule is CN(Cc1cc(-c2ccccn2)ccc1OCC(=O)O)[C@@H]1COC[C@H]1O. The molecular weight excluding hydrogens is 336 g/mol. The Morgan fingerprint density at radius 2 is 2.19 bits per heavy atom. The van der Waals surface area contributed by atoms with Gasteiger partial charge in [0.2, 0.25) is 0 Å². The Labute approximate surface area is 151 Å². The van der Waals surface area contributed by atoms with E-state index in [1.54, 1.807) is 12.3 Å². The van der Waals surface area contributed by atoms with Crippen LogP contribution in [0.3, 0.4) is 0 Å². The normalized spacial score (nSPS) is 19.7. The summed E-state index contributed by atoms with van der Waals surface area (Å²) in [5, 5.41) is 18.9. The van der Waals surface area contributed by atoms with E-state index >= 15 is 0 Å². The third-order valence-electron chi connectivity index (χ3n) is 4.38. The molecule has 1 fully saturated rings. The van der Waals surface area contributed by atoms with Crippen LogP contribution in [0.4, 0.5) is 0 Å². The van der Waals surface area contributed by atoms with Crippen molar-refractivity contribution in [1.29, 1.82) is 0 Å². The first-order valence-electron chi connectivity index (χ1n) is 8.39. The van der Waals surface area contributed by atoms with Gasteiger partial charge in [-0.05, 0) is 37.4 Å². The Bertz CT molecular complexity index is 753. The maximum absolute atomic E-state index is 10.9. The van der Waals surface area contributed by atoms with Gasteiger partial charge in [-0.25, -0.2) is 4.79 Å². The summed E-state index contributed by atoms with van der Waals surface area (Å²) in [5.74, 6) is -0.523. The minimum atomic E-state index is -1.03. The zero-order valence-corrected chi connectivity index (χ0v) is 14.5. The number of aromatic nitrogens is 1. The molecule has 1 saturated heterocycles. The molecule has 0 aliphatic carbocycles. The van der Waals surface area contributed by atoms with E-state index in [-0.39, 0.29) is 6.04 Å². The van der Waals surface area contributed by atoms with Crippen molar-refractivity contribution < 1.29 is 24.5 Å². The molecule has 0 bridgehead atoms. The second kappa shape index (κ2) is 8.27. The molecular formula is C19H22N2O5. The number of carboxylic acids is 1. The van der Waals surface area contributed by atoms with E-state index in [4.69, 9.17) is 14.6 Å². The summed E-state index contributed by atoms with van der Waals surface area (Å²) in [6, 6.07) is 11.1. The van der Waals surface area contributed by atoms with Crippen molar-refractivity contribution in [2.75, 3.05) is 26.9 Å². The van der Waals surface area contributed by atoms with E-state index in [0.29, 0.717) is 25.5 Å². The van der Waals surface area contributed by atoms with E-state index in [1.165, 1.54) is 0 Å². The summed E-state index contributed by atoms with van der Waals surface area (Å²) in [4.78, 5) is 17.2. The van der Waals surface area contributed by atoms with Gasteiger partial charge in [-0.15, -0.1) is 0 Å². The molecule has 1 aromatic heterocycles. The fourth-order valence-corrected chi connectivity index (χ4v) is 3.01. The van der Waals surface area contributed by atoms with Crippen molar-refractivity contribution >= 4 is 5.97 Å². The van der Waals surface area contributed by atoms with Crippen LogP contribution in [0.15, 0.2) is 42.6 Å². The minimum absolute atomic E-state index is 0.110. The molecule has 2 N–H and O–H groups in total. The van der Waals surface area contributed by atoms with Crippen molar-refractivity contribution in [3.05, 3.63) is 48.2 Å². The lowest BCUT2D eigenvalue weighted by Gasteiger charge is -2.26. The average molecular weight is 358 g/mol. The molecule has 1 aliphatic rings. The van der Waals surface area contributed by atoms with Crippen LogP contribution in [0.25, 0.3) is 11.3 Å². The molecule has 1 aliphatic heterocycles. The Morgan fingerprint density at radius 3 is 2.85 bits per heavy atom. The highest BCUT2D eigenvalue weighted by atomic mass is 16.5. The number of likely N-dealkylation sites (N-methyl/N-ethyl adjacent to an activating group) is 1. The summed E-state index contributed by atoms with van der Waals surface area (Å²) < 4.78 is 10.8. The van der Waals surface area contributed by atoms with Crippen LogP contribution in [-0.4, -0.2) is 65.1 Å². The van der Waals surface area contributed by atoms with E-state index in [0.717, 1.165) is 16.8 Å². The number of nitrogens with zero attached hydrogens (tertiary/aromatic N) is 2. The summed E-state index contributed by atoms with van der Waals surface area (Å²) in [5.41, 5.74) is 2.57. The minimum Gasteiger partial charge on any atom is -0.482 e. The first kappa shape index (κ1) is 18.3. The standard InChI is InChI=1S/C19H22N2O5/c1-21(16-10-25-11-17(16)22)9-14-8-13(15-4-2-3-7-20-15)5-6-18(14)26-12-19(23)24/h2-8,16-17,22H,9-12H2,1H3,(H,23,24)/t16-,17-/m1/s1.